The molecule has 3 atom stereocenters. The third-order valence-corrected chi connectivity index (χ3v) is 9.63. The molecule has 2 aromatic carbocycles. The van der Waals surface area contributed by atoms with Crippen molar-refractivity contribution in [3.05, 3.63) is 87.7 Å². The minimum absolute atomic E-state index is 0.0255. The molecule has 0 bridgehead atoms. The van der Waals surface area contributed by atoms with Crippen molar-refractivity contribution in [3.8, 4) is 28.3 Å². The lowest BCUT2D eigenvalue weighted by atomic mass is 9.96. The molecule has 11 nitrogen and oxygen atoms in total. The summed E-state index contributed by atoms with van der Waals surface area (Å²) in [5.74, 6) is 1.54. The van der Waals surface area contributed by atoms with Crippen molar-refractivity contribution in [2.75, 3.05) is 32.1 Å². The van der Waals surface area contributed by atoms with Gasteiger partial charge in [0.25, 0.3) is 5.56 Å². The third kappa shape index (κ3) is 5.59. The minimum Gasteiger partial charge on any atom is -0.480 e. The van der Waals surface area contributed by atoms with Crippen molar-refractivity contribution in [3.63, 3.8) is 0 Å². The van der Waals surface area contributed by atoms with E-state index in [-0.39, 0.29) is 17.4 Å². The number of aromatic nitrogens is 5. The number of esters is 1. The Bertz CT molecular complexity index is 2070. The predicted octanol–water partition coefficient (Wildman–Crippen LogP) is 5.41. The zero-order chi connectivity index (χ0) is 32.8. The van der Waals surface area contributed by atoms with E-state index in [0.29, 0.717) is 58.2 Å². The number of carbonyl (C=O) groups is 1. The molecule has 2 fully saturated rings. The molecule has 1 saturated carbocycles. The van der Waals surface area contributed by atoms with Crippen LogP contribution >= 0.6 is 11.6 Å². The molecule has 1 N–H and O–H groups in total. The van der Waals surface area contributed by atoms with Gasteiger partial charge in [-0.1, -0.05) is 41.9 Å². The topological polar surface area (TPSA) is 124 Å². The summed E-state index contributed by atoms with van der Waals surface area (Å²) in [4.78, 5) is 41.4. The van der Waals surface area contributed by atoms with E-state index < -0.39 is 0 Å². The van der Waals surface area contributed by atoms with Gasteiger partial charge in [0.15, 0.2) is 0 Å². The summed E-state index contributed by atoms with van der Waals surface area (Å²) in [6, 6.07) is 13.5. The molecule has 5 aromatic rings. The molecule has 0 spiro atoms. The van der Waals surface area contributed by atoms with Crippen LogP contribution in [0.15, 0.2) is 65.8 Å². The first-order valence-electron chi connectivity index (χ1n) is 15.5. The van der Waals surface area contributed by atoms with Crippen LogP contribution in [0, 0.1) is 24.7 Å². The van der Waals surface area contributed by atoms with E-state index in [9.17, 15) is 9.59 Å². The van der Waals surface area contributed by atoms with Crippen LogP contribution in [-0.4, -0.2) is 62.4 Å². The maximum absolute atomic E-state index is 12.9. The molecule has 0 radical (unpaired) electrons. The van der Waals surface area contributed by atoms with Crippen LogP contribution in [-0.2, 0) is 23.1 Å². The molecule has 47 heavy (non-hydrogen) atoms. The van der Waals surface area contributed by atoms with Gasteiger partial charge in [-0.25, -0.2) is 14.6 Å². The quantitative estimate of drug-likeness (QED) is 0.207. The van der Waals surface area contributed by atoms with Gasteiger partial charge in [0.1, 0.15) is 11.5 Å². The number of pyridine rings is 1. The summed E-state index contributed by atoms with van der Waals surface area (Å²) in [5, 5.41) is 9.20. The maximum atomic E-state index is 12.9. The molecule has 4 heterocycles. The lowest BCUT2D eigenvalue weighted by molar-refractivity contribution is -0.145. The van der Waals surface area contributed by atoms with Crippen molar-refractivity contribution >= 4 is 39.8 Å². The molecule has 12 heteroatoms. The molecule has 3 aromatic heterocycles. The van der Waals surface area contributed by atoms with Crippen molar-refractivity contribution < 1.29 is 14.3 Å². The normalized spacial score (nSPS) is 18.6. The molecule has 7 rings (SSSR count). The number of nitrogens with one attached hydrogen (secondary N) is 1. The van der Waals surface area contributed by atoms with Gasteiger partial charge in [-0.2, -0.15) is 5.10 Å². The first-order chi connectivity index (χ1) is 22.8. The number of ether oxygens (including phenoxy) is 2. The Morgan fingerprint density at radius 1 is 1.04 bits per heavy atom. The molecule has 1 saturated heterocycles. The molecule has 1 aliphatic heterocycles. The van der Waals surface area contributed by atoms with Gasteiger partial charge in [0.2, 0.25) is 5.88 Å². The summed E-state index contributed by atoms with van der Waals surface area (Å²) < 4.78 is 12.2. The Labute approximate surface area is 276 Å². The third-order valence-electron chi connectivity index (χ3n) is 9.22. The number of piperidine rings is 1. The zero-order valence-corrected chi connectivity index (χ0v) is 27.3. The highest BCUT2D eigenvalue weighted by molar-refractivity contribution is 6.36. The van der Waals surface area contributed by atoms with E-state index in [0.717, 1.165) is 46.7 Å². The molecule has 240 valence electrons. The molecular formula is C35H34ClN7O4. The Balaban J connectivity index is 1.14. The number of anilines is 2. The summed E-state index contributed by atoms with van der Waals surface area (Å²) in [6.07, 6.45) is 5.04. The van der Waals surface area contributed by atoms with Gasteiger partial charge in [0.05, 0.1) is 48.1 Å². The van der Waals surface area contributed by atoms with Gasteiger partial charge in [-0.15, -0.1) is 0 Å². The highest BCUT2D eigenvalue weighted by Crippen LogP contribution is 2.52. The van der Waals surface area contributed by atoms with E-state index in [1.807, 2.05) is 50.2 Å². The highest BCUT2D eigenvalue weighted by atomic mass is 35.5. The molecular weight excluding hydrogens is 618 g/mol. The minimum atomic E-state index is -0.232. The van der Waals surface area contributed by atoms with E-state index >= 15 is 0 Å². The van der Waals surface area contributed by atoms with Crippen LogP contribution in [0.1, 0.15) is 18.2 Å². The molecule has 1 aliphatic carbocycles. The standard InChI is InChI=1S/C35H34ClN7O4/c1-5-47-35(45)30-24-16-43(17-25(24)30)18-28-33(46-4)41-27(15-38-28)23-10-6-9-22(31(23)36)21-8-7-11-26(19(21)2)40-32-29-20(12-13-37-32)14-39-42(3)34(29)44/h6-15,24-25,30H,5,16-18H2,1-4H3,(H,37,40)/t24-,25+,30?. The number of rotatable bonds is 9. The van der Waals surface area contributed by atoms with Crippen LogP contribution in [0.3, 0.4) is 0 Å². The molecule has 1 unspecified atom stereocenters. The first-order valence-corrected chi connectivity index (χ1v) is 15.9. The Morgan fingerprint density at radius 2 is 1.79 bits per heavy atom. The lowest BCUT2D eigenvalue weighted by Crippen LogP contribution is -2.27. The first kappa shape index (κ1) is 30.8. The van der Waals surface area contributed by atoms with E-state index in [2.05, 4.69) is 20.3 Å². The van der Waals surface area contributed by atoms with Gasteiger partial charge >= 0.3 is 5.97 Å². The Kier molecular flexibility index (Phi) is 8.11. The van der Waals surface area contributed by atoms with Gasteiger partial charge in [0, 0.05) is 55.1 Å². The number of aryl methyl sites for hydroxylation is 1. The van der Waals surface area contributed by atoms with Gasteiger partial charge < -0.3 is 14.8 Å². The Hall–Kier alpha value is -4.87. The fraction of sp³-hybridized carbons (Fsp3) is 0.314. The number of likely N-dealkylation sites (tertiary alicyclic amines) is 1. The lowest BCUT2D eigenvalue weighted by Gasteiger charge is -2.20. The second kappa shape index (κ2) is 12.4. The monoisotopic (exact) mass is 651 g/mol. The van der Waals surface area contributed by atoms with Crippen molar-refractivity contribution in [1.29, 1.82) is 0 Å². The van der Waals surface area contributed by atoms with Crippen molar-refractivity contribution in [2.45, 2.75) is 20.4 Å². The second-order valence-corrected chi connectivity index (χ2v) is 12.4. The van der Waals surface area contributed by atoms with Gasteiger partial charge in [-0.3, -0.25) is 19.5 Å². The van der Waals surface area contributed by atoms with Crippen LogP contribution in [0.2, 0.25) is 5.02 Å². The average molecular weight is 652 g/mol. The predicted molar refractivity (Wildman–Crippen MR) is 180 cm³/mol. The molecule has 0 amide bonds. The van der Waals surface area contributed by atoms with Crippen molar-refractivity contribution in [2.24, 2.45) is 24.8 Å². The fourth-order valence-corrected chi connectivity index (χ4v) is 7.06. The number of nitrogens with zero attached hydrogens (tertiary/aromatic N) is 6. The zero-order valence-electron chi connectivity index (χ0n) is 26.5. The van der Waals surface area contributed by atoms with E-state index in [4.69, 9.17) is 31.0 Å². The maximum Gasteiger partial charge on any atom is 0.309 e. The number of fused-ring (bicyclic) bond motifs is 2. The van der Waals surface area contributed by atoms with Gasteiger partial charge in [-0.05, 0) is 48.9 Å². The van der Waals surface area contributed by atoms with Crippen LogP contribution < -0.4 is 15.6 Å². The van der Waals surface area contributed by atoms with E-state index in [1.54, 1.807) is 38.8 Å². The SMILES string of the molecule is CCOC(=O)C1[C@H]2CN(Cc3ncc(-c4cccc(-c5cccc(Nc6nccc7cnn(C)c(=O)c67)c5C)c4Cl)nc3OC)C[C@@H]12. The average Bonchev–Trinajstić information content (AvgIpc) is 3.59. The van der Waals surface area contributed by atoms with Crippen LogP contribution in [0.5, 0.6) is 5.88 Å². The summed E-state index contributed by atoms with van der Waals surface area (Å²) in [6.45, 7) is 6.49. The smallest absolute Gasteiger partial charge is 0.309 e. The molecule has 2 aliphatic rings. The number of hydrogen-bond donors (Lipinski definition) is 1. The summed E-state index contributed by atoms with van der Waals surface area (Å²) >= 11 is 7.10. The van der Waals surface area contributed by atoms with Crippen LogP contribution in [0.25, 0.3) is 33.2 Å². The highest BCUT2D eigenvalue weighted by Gasteiger charge is 2.60. The Morgan fingerprint density at radius 3 is 2.55 bits per heavy atom. The summed E-state index contributed by atoms with van der Waals surface area (Å²) in [7, 11) is 3.21. The number of carbonyl (C=O) groups excluding carboxylic acids is 1. The van der Waals surface area contributed by atoms with Crippen LogP contribution in [0.4, 0.5) is 11.5 Å². The summed E-state index contributed by atoms with van der Waals surface area (Å²) in [5.41, 5.74) is 5.30. The largest absolute Gasteiger partial charge is 0.480 e. The fourth-order valence-electron chi connectivity index (χ4n) is 6.74. The van der Waals surface area contributed by atoms with Crippen molar-refractivity contribution in [1.82, 2.24) is 29.6 Å². The number of benzene rings is 2. The van der Waals surface area contributed by atoms with E-state index in [1.165, 1.54) is 4.68 Å². The number of halogens is 1. The number of methoxy groups -OCH3 is 1. The second-order valence-electron chi connectivity index (χ2n) is 12.0. The number of hydrogen-bond acceptors (Lipinski definition) is 10.